The molecule has 0 aliphatic rings. The van der Waals surface area contributed by atoms with Gasteiger partial charge in [-0.1, -0.05) is 41.9 Å². The largest absolute Gasteiger partial charge is 0.375 e. The zero-order valence-corrected chi connectivity index (χ0v) is 16.6. The van der Waals surface area contributed by atoms with E-state index in [2.05, 4.69) is 20.9 Å². The smallest absolute Gasteiger partial charge is 0.251 e. The van der Waals surface area contributed by atoms with Gasteiger partial charge in [0.2, 0.25) is 5.91 Å². The maximum atomic E-state index is 12.3. The summed E-state index contributed by atoms with van der Waals surface area (Å²) >= 11 is 6.35. The minimum absolute atomic E-state index is 0.0925. The first-order chi connectivity index (χ1) is 14.6. The van der Waals surface area contributed by atoms with Crippen LogP contribution in [0.2, 0.25) is 5.02 Å². The number of nitriles is 1. The Morgan fingerprint density at radius 3 is 2.50 bits per heavy atom. The van der Waals surface area contributed by atoms with Crippen LogP contribution in [0.25, 0.3) is 0 Å². The number of pyridine rings is 1. The highest BCUT2D eigenvalue weighted by Crippen LogP contribution is 2.29. The van der Waals surface area contributed by atoms with Crippen LogP contribution in [0.5, 0.6) is 0 Å². The van der Waals surface area contributed by atoms with Gasteiger partial charge in [0, 0.05) is 18.3 Å². The first-order valence-electron chi connectivity index (χ1n) is 9.08. The summed E-state index contributed by atoms with van der Waals surface area (Å²) in [6.07, 6.45) is 1.57. The molecule has 0 bridgehead atoms. The number of carbonyl (C=O) groups excluding carboxylic acids is 2. The van der Waals surface area contributed by atoms with Gasteiger partial charge in [-0.05, 0) is 35.9 Å². The van der Waals surface area contributed by atoms with Gasteiger partial charge in [-0.3, -0.25) is 9.59 Å². The van der Waals surface area contributed by atoms with Gasteiger partial charge >= 0.3 is 0 Å². The molecule has 0 fully saturated rings. The summed E-state index contributed by atoms with van der Waals surface area (Å²) in [5, 5.41) is 17.9. The molecule has 2 amide bonds. The number of anilines is 2. The number of rotatable bonds is 7. The molecular weight excluding hydrogens is 402 g/mol. The third-order valence-corrected chi connectivity index (χ3v) is 4.57. The molecule has 1 heterocycles. The van der Waals surface area contributed by atoms with E-state index in [4.69, 9.17) is 11.6 Å². The fourth-order valence-corrected chi connectivity index (χ4v) is 2.99. The normalized spacial score (nSPS) is 10.0. The summed E-state index contributed by atoms with van der Waals surface area (Å²) in [4.78, 5) is 28.6. The van der Waals surface area contributed by atoms with Crippen molar-refractivity contribution in [2.24, 2.45) is 0 Å². The number of nitrogens with zero attached hydrogens (tertiary/aromatic N) is 2. The summed E-state index contributed by atoms with van der Waals surface area (Å²) in [5.74, 6) is -0.141. The molecule has 1 aromatic heterocycles. The SMILES string of the molecule is N#Cc1ccc(CNC(=O)c2ccccc2)c(NCC(=O)Nc2ccccn2)c1Cl. The van der Waals surface area contributed by atoms with Gasteiger partial charge in [0.25, 0.3) is 5.91 Å². The number of carbonyl (C=O) groups is 2. The van der Waals surface area contributed by atoms with Crippen LogP contribution in [-0.2, 0) is 11.3 Å². The topological polar surface area (TPSA) is 107 Å². The Balaban J connectivity index is 1.71. The fraction of sp³-hybridized carbons (Fsp3) is 0.0909. The number of benzene rings is 2. The summed E-state index contributed by atoms with van der Waals surface area (Å²) in [5.41, 5.74) is 1.86. The van der Waals surface area contributed by atoms with Crippen molar-refractivity contribution in [2.75, 3.05) is 17.2 Å². The fourth-order valence-electron chi connectivity index (χ4n) is 2.70. The summed E-state index contributed by atoms with van der Waals surface area (Å²) in [7, 11) is 0. The van der Waals surface area contributed by atoms with Crippen molar-refractivity contribution >= 4 is 34.9 Å². The van der Waals surface area contributed by atoms with E-state index in [9.17, 15) is 14.9 Å². The van der Waals surface area contributed by atoms with Crippen LogP contribution in [0.1, 0.15) is 21.5 Å². The lowest BCUT2D eigenvalue weighted by Crippen LogP contribution is -2.25. The number of aromatic nitrogens is 1. The third kappa shape index (κ3) is 5.34. The van der Waals surface area contributed by atoms with Crippen molar-refractivity contribution in [2.45, 2.75) is 6.54 Å². The Bertz CT molecular complexity index is 1080. The van der Waals surface area contributed by atoms with E-state index < -0.39 is 0 Å². The predicted octanol–water partition coefficient (Wildman–Crippen LogP) is 3.59. The molecule has 2 aromatic carbocycles. The van der Waals surface area contributed by atoms with Gasteiger partial charge < -0.3 is 16.0 Å². The molecule has 3 rings (SSSR count). The quantitative estimate of drug-likeness (QED) is 0.542. The van der Waals surface area contributed by atoms with E-state index in [1.165, 1.54) is 0 Å². The molecule has 0 saturated heterocycles. The van der Waals surface area contributed by atoms with Gasteiger partial charge in [-0.15, -0.1) is 0 Å². The lowest BCUT2D eigenvalue weighted by molar-refractivity contribution is -0.114. The van der Waals surface area contributed by atoms with Crippen molar-refractivity contribution in [1.82, 2.24) is 10.3 Å². The molecule has 0 spiro atoms. The van der Waals surface area contributed by atoms with E-state index >= 15 is 0 Å². The zero-order valence-electron chi connectivity index (χ0n) is 15.9. The highest BCUT2D eigenvalue weighted by Gasteiger charge is 2.14. The lowest BCUT2D eigenvalue weighted by atomic mass is 10.1. The maximum Gasteiger partial charge on any atom is 0.251 e. The van der Waals surface area contributed by atoms with Crippen molar-refractivity contribution < 1.29 is 9.59 Å². The average Bonchev–Trinajstić information content (AvgIpc) is 2.78. The number of halogens is 1. The van der Waals surface area contributed by atoms with Gasteiger partial charge in [-0.2, -0.15) is 5.26 Å². The highest BCUT2D eigenvalue weighted by molar-refractivity contribution is 6.34. The van der Waals surface area contributed by atoms with E-state index in [0.717, 1.165) is 0 Å². The first kappa shape index (κ1) is 20.8. The van der Waals surface area contributed by atoms with Crippen LogP contribution >= 0.6 is 11.6 Å². The highest BCUT2D eigenvalue weighted by atomic mass is 35.5. The molecule has 0 radical (unpaired) electrons. The Labute approximate surface area is 178 Å². The second-order valence-corrected chi connectivity index (χ2v) is 6.62. The molecule has 3 N–H and O–H groups in total. The van der Waals surface area contributed by atoms with Gasteiger partial charge in [0.1, 0.15) is 11.9 Å². The standard InChI is InChI=1S/C22H18ClN5O2/c23-20-16(12-24)9-10-17(13-27-22(30)15-6-2-1-3-7-15)21(20)26-14-19(29)28-18-8-4-5-11-25-18/h1-11,26H,13-14H2,(H,27,30)(H,25,28,29). The third-order valence-electron chi connectivity index (χ3n) is 4.18. The minimum Gasteiger partial charge on any atom is -0.375 e. The van der Waals surface area contributed by atoms with Crippen LogP contribution in [0.4, 0.5) is 11.5 Å². The van der Waals surface area contributed by atoms with Crippen molar-refractivity contribution in [3.63, 3.8) is 0 Å². The van der Waals surface area contributed by atoms with Gasteiger partial charge in [0.15, 0.2) is 0 Å². The summed E-state index contributed by atoms with van der Waals surface area (Å²) in [6.45, 7) is 0.0775. The van der Waals surface area contributed by atoms with Crippen LogP contribution in [0, 0.1) is 11.3 Å². The molecule has 3 aromatic rings. The summed E-state index contributed by atoms with van der Waals surface area (Å²) in [6, 6.07) is 19.3. The van der Waals surface area contributed by atoms with Crippen LogP contribution in [-0.4, -0.2) is 23.3 Å². The Kier molecular flexibility index (Phi) is 6.98. The molecule has 0 aliphatic carbocycles. The number of hydrogen-bond acceptors (Lipinski definition) is 5. The van der Waals surface area contributed by atoms with Crippen LogP contribution < -0.4 is 16.0 Å². The Morgan fingerprint density at radius 2 is 1.80 bits per heavy atom. The molecule has 30 heavy (non-hydrogen) atoms. The molecule has 0 unspecified atom stereocenters. The lowest BCUT2D eigenvalue weighted by Gasteiger charge is -2.15. The van der Waals surface area contributed by atoms with Crippen molar-refractivity contribution in [1.29, 1.82) is 5.26 Å². The van der Waals surface area contributed by atoms with E-state index in [0.29, 0.717) is 22.6 Å². The van der Waals surface area contributed by atoms with E-state index in [1.807, 2.05) is 12.1 Å². The first-order valence-corrected chi connectivity index (χ1v) is 9.45. The molecule has 0 aliphatic heterocycles. The molecule has 0 saturated carbocycles. The van der Waals surface area contributed by atoms with Gasteiger partial charge in [-0.25, -0.2) is 4.98 Å². The van der Waals surface area contributed by atoms with Crippen molar-refractivity contribution in [3.05, 3.63) is 88.6 Å². The van der Waals surface area contributed by atoms with E-state index in [-0.39, 0.29) is 35.5 Å². The monoisotopic (exact) mass is 419 g/mol. The molecule has 150 valence electrons. The second kappa shape index (κ2) is 10.0. The van der Waals surface area contributed by atoms with E-state index in [1.54, 1.807) is 60.8 Å². The van der Waals surface area contributed by atoms with Crippen LogP contribution in [0.3, 0.4) is 0 Å². The Hall–Kier alpha value is -3.89. The zero-order chi connectivity index (χ0) is 21.3. The molecule has 7 nitrogen and oxygen atoms in total. The summed E-state index contributed by atoms with van der Waals surface area (Å²) < 4.78 is 0. The van der Waals surface area contributed by atoms with Crippen LogP contribution in [0.15, 0.2) is 66.9 Å². The molecule has 8 heteroatoms. The van der Waals surface area contributed by atoms with Crippen molar-refractivity contribution in [3.8, 4) is 6.07 Å². The molecule has 0 atom stereocenters. The predicted molar refractivity (Wildman–Crippen MR) is 115 cm³/mol. The van der Waals surface area contributed by atoms with Gasteiger partial charge in [0.05, 0.1) is 22.8 Å². The number of hydrogen-bond donors (Lipinski definition) is 3. The average molecular weight is 420 g/mol. The number of amides is 2. The second-order valence-electron chi connectivity index (χ2n) is 6.24. The molecular formula is C22H18ClN5O2. The minimum atomic E-state index is -0.327. The Morgan fingerprint density at radius 1 is 1.03 bits per heavy atom. The maximum absolute atomic E-state index is 12.3. The number of nitrogens with one attached hydrogen (secondary N) is 3.